The Balaban J connectivity index is 1.57. The van der Waals surface area contributed by atoms with Gasteiger partial charge in [0.2, 0.25) is 11.8 Å². The number of cyclic esters (lactones) is 1. The smallest absolute Gasteiger partial charge is 0.309 e. The van der Waals surface area contributed by atoms with Crippen molar-refractivity contribution in [3.63, 3.8) is 0 Å². The number of ether oxygens (including phenoxy) is 1. The van der Waals surface area contributed by atoms with Crippen LogP contribution in [0.2, 0.25) is 5.02 Å². The molecule has 0 unspecified atom stereocenters. The highest BCUT2D eigenvalue weighted by Gasteiger charge is 2.31. The van der Waals surface area contributed by atoms with Gasteiger partial charge >= 0.3 is 5.97 Å². The number of fused-ring (bicyclic) bond motifs is 1. The molecule has 0 saturated carbocycles. The largest absolute Gasteiger partial charge is 0.463 e. The van der Waals surface area contributed by atoms with Gasteiger partial charge in [-0.15, -0.1) is 0 Å². The van der Waals surface area contributed by atoms with E-state index < -0.39 is 5.92 Å². The molecule has 29 heavy (non-hydrogen) atoms. The van der Waals surface area contributed by atoms with E-state index in [-0.39, 0.29) is 36.9 Å². The molecule has 3 rings (SSSR count). The van der Waals surface area contributed by atoms with Crippen LogP contribution in [0.4, 0.5) is 0 Å². The van der Waals surface area contributed by atoms with E-state index in [1.807, 2.05) is 29.2 Å². The summed E-state index contributed by atoms with van der Waals surface area (Å²) in [6.07, 6.45) is 7.17. The molecule has 1 saturated heterocycles. The summed E-state index contributed by atoms with van der Waals surface area (Å²) < 4.78 is 5.51. The third-order valence-corrected chi connectivity index (χ3v) is 5.65. The van der Waals surface area contributed by atoms with Gasteiger partial charge in [0.25, 0.3) is 0 Å². The molecule has 2 aliphatic rings. The van der Waals surface area contributed by atoms with Crippen LogP contribution in [-0.2, 0) is 25.7 Å². The SMILES string of the molecule is O=C(C[C@@H]1C/C=C/CCC(=O)N2CCC[C@H]2COC1=O)NCc1ccc(Cl)cc1. The third-order valence-electron chi connectivity index (χ3n) is 5.40. The maximum atomic E-state index is 12.6. The summed E-state index contributed by atoms with van der Waals surface area (Å²) in [6, 6.07) is 7.20. The van der Waals surface area contributed by atoms with E-state index in [0.717, 1.165) is 24.9 Å². The Bertz CT molecular complexity index is 763. The molecule has 7 heteroatoms. The molecule has 2 heterocycles. The summed E-state index contributed by atoms with van der Waals surface area (Å²) in [5, 5.41) is 3.49. The molecule has 1 aromatic carbocycles. The fourth-order valence-electron chi connectivity index (χ4n) is 3.72. The molecule has 2 amide bonds. The number of carbonyl (C=O) groups excluding carboxylic acids is 3. The van der Waals surface area contributed by atoms with Gasteiger partial charge in [0.1, 0.15) is 6.61 Å². The lowest BCUT2D eigenvalue weighted by atomic mass is 10.00. The van der Waals surface area contributed by atoms with Crippen LogP contribution in [0, 0.1) is 5.92 Å². The number of allylic oxidation sites excluding steroid dienone is 2. The zero-order chi connectivity index (χ0) is 20.6. The van der Waals surface area contributed by atoms with Gasteiger partial charge in [-0.05, 0) is 43.4 Å². The number of hydrogen-bond donors (Lipinski definition) is 1. The van der Waals surface area contributed by atoms with Crippen LogP contribution in [-0.4, -0.2) is 41.9 Å². The van der Waals surface area contributed by atoms with E-state index in [1.165, 1.54) is 0 Å². The van der Waals surface area contributed by atoms with E-state index >= 15 is 0 Å². The minimum Gasteiger partial charge on any atom is -0.463 e. The van der Waals surface area contributed by atoms with Crippen LogP contribution in [0.1, 0.15) is 44.1 Å². The van der Waals surface area contributed by atoms with Crippen molar-refractivity contribution in [1.29, 1.82) is 0 Å². The molecule has 0 spiro atoms. The Kier molecular flexibility index (Phi) is 7.69. The highest BCUT2D eigenvalue weighted by atomic mass is 35.5. The van der Waals surface area contributed by atoms with Crippen molar-refractivity contribution in [3.05, 3.63) is 47.0 Å². The molecule has 0 radical (unpaired) electrons. The topological polar surface area (TPSA) is 75.7 Å². The van der Waals surface area contributed by atoms with Gasteiger partial charge < -0.3 is 15.0 Å². The number of nitrogens with one attached hydrogen (secondary N) is 1. The first-order valence-electron chi connectivity index (χ1n) is 10.1. The molecule has 1 fully saturated rings. The predicted octanol–water partition coefficient (Wildman–Crippen LogP) is 3.24. The number of benzene rings is 1. The fraction of sp³-hybridized carbons (Fsp3) is 0.500. The van der Waals surface area contributed by atoms with Crippen LogP contribution < -0.4 is 5.32 Å². The van der Waals surface area contributed by atoms with E-state index in [0.29, 0.717) is 30.8 Å². The highest BCUT2D eigenvalue weighted by Crippen LogP contribution is 2.21. The van der Waals surface area contributed by atoms with Gasteiger partial charge in [0.15, 0.2) is 0 Å². The fourth-order valence-corrected chi connectivity index (χ4v) is 3.85. The van der Waals surface area contributed by atoms with Crippen molar-refractivity contribution >= 4 is 29.4 Å². The summed E-state index contributed by atoms with van der Waals surface area (Å²) in [4.78, 5) is 39.1. The van der Waals surface area contributed by atoms with Crippen molar-refractivity contribution in [3.8, 4) is 0 Å². The van der Waals surface area contributed by atoms with Crippen LogP contribution in [0.3, 0.4) is 0 Å². The third kappa shape index (κ3) is 6.32. The molecule has 156 valence electrons. The molecule has 0 aromatic heterocycles. The summed E-state index contributed by atoms with van der Waals surface area (Å²) in [5.74, 6) is -0.982. The number of hydrogen-bond acceptors (Lipinski definition) is 4. The molecule has 0 aliphatic carbocycles. The first-order valence-corrected chi connectivity index (χ1v) is 10.5. The number of rotatable bonds is 4. The highest BCUT2D eigenvalue weighted by molar-refractivity contribution is 6.30. The Morgan fingerprint density at radius 1 is 1.21 bits per heavy atom. The van der Waals surface area contributed by atoms with Gasteiger partial charge in [0, 0.05) is 31.0 Å². The van der Waals surface area contributed by atoms with Crippen molar-refractivity contribution in [1.82, 2.24) is 10.2 Å². The van der Waals surface area contributed by atoms with Gasteiger partial charge in [-0.3, -0.25) is 14.4 Å². The van der Waals surface area contributed by atoms with Gasteiger partial charge in [-0.1, -0.05) is 35.9 Å². The van der Waals surface area contributed by atoms with E-state index in [2.05, 4.69) is 5.32 Å². The Morgan fingerprint density at radius 3 is 2.79 bits per heavy atom. The molecule has 6 nitrogen and oxygen atoms in total. The quantitative estimate of drug-likeness (QED) is 0.601. The van der Waals surface area contributed by atoms with Crippen molar-refractivity contribution in [2.75, 3.05) is 13.2 Å². The van der Waals surface area contributed by atoms with Crippen LogP contribution in [0.25, 0.3) is 0 Å². The molecule has 1 aromatic rings. The maximum absolute atomic E-state index is 12.6. The Morgan fingerprint density at radius 2 is 2.00 bits per heavy atom. The minimum atomic E-state index is -0.526. The molecule has 2 atom stereocenters. The minimum absolute atomic E-state index is 0.0470. The second-order valence-corrected chi connectivity index (χ2v) is 8.00. The van der Waals surface area contributed by atoms with Crippen LogP contribution in [0.5, 0.6) is 0 Å². The van der Waals surface area contributed by atoms with E-state index in [9.17, 15) is 14.4 Å². The van der Waals surface area contributed by atoms with Crippen LogP contribution in [0.15, 0.2) is 36.4 Å². The van der Waals surface area contributed by atoms with Crippen molar-refractivity contribution in [2.45, 2.75) is 51.1 Å². The predicted molar refractivity (Wildman–Crippen MR) is 110 cm³/mol. The lowest BCUT2D eigenvalue weighted by molar-refractivity contribution is -0.153. The van der Waals surface area contributed by atoms with Gasteiger partial charge in [0.05, 0.1) is 12.0 Å². The van der Waals surface area contributed by atoms with Crippen molar-refractivity contribution < 1.29 is 19.1 Å². The summed E-state index contributed by atoms with van der Waals surface area (Å²) in [6.45, 7) is 1.31. The molecule has 1 N–H and O–H groups in total. The normalized spacial score (nSPS) is 24.1. The average Bonchev–Trinajstić information content (AvgIpc) is 3.18. The average molecular weight is 419 g/mol. The van der Waals surface area contributed by atoms with Gasteiger partial charge in [-0.2, -0.15) is 0 Å². The van der Waals surface area contributed by atoms with Crippen LogP contribution >= 0.6 is 11.6 Å². The summed E-state index contributed by atoms with van der Waals surface area (Å²) in [5.41, 5.74) is 0.940. The first kappa shape index (κ1) is 21.4. The lowest BCUT2D eigenvalue weighted by Gasteiger charge is -2.25. The van der Waals surface area contributed by atoms with Crippen molar-refractivity contribution in [2.24, 2.45) is 5.92 Å². The number of carbonyl (C=O) groups is 3. The number of nitrogens with zero attached hydrogens (tertiary/aromatic N) is 1. The zero-order valence-corrected chi connectivity index (χ0v) is 17.2. The number of esters is 1. The summed E-state index contributed by atoms with van der Waals surface area (Å²) >= 11 is 5.87. The second kappa shape index (κ2) is 10.4. The summed E-state index contributed by atoms with van der Waals surface area (Å²) in [7, 11) is 0. The maximum Gasteiger partial charge on any atom is 0.309 e. The first-order chi connectivity index (χ1) is 14.0. The zero-order valence-electron chi connectivity index (χ0n) is 16.4. The molecular formula is C22H27ClN2O4. The molecule has 2 aliphatic heterocycles. The Labute approximate surface area is 176 Å². The monoisotopic (exact) mass is 418 g/mol. The lowest BCUT2D eigenvalue weighted by Crippen LogP contribution is -2.39. The standard InChI is InChI=1S/C22H27ClN2O4/c23-18-10-8-16(9-11-18)14-24-20(26)13-17-5-2-1-3-7-21(27)25-12-4-6-19(25)15-29-22(17)28/h1-2,8-11,17,19H,3-7,12-15H2,(H,24,26)/b2-1+/t17-,19-/m0/s1. The number of halogens is 1. The Hall–Kier alpha value is -2.34. The van der Waals surface area contributed by atoms with Gasteiger partial charge in [-0.25, -0.2) is 0 Å². The number of amides is 2. The van der Waals surface area contributed by atoms with E-state index in [4.69, 9.17) is 16.3 Å². The van der Waals surface area contributed by atoms with E-state index in [1.54, 1.807) is 12.1 Å². The molecule has 0 bridgehead atoms. The molecular weight excluding hydrogens is 392 g/mol. The second-order valence-electron chi connectivity index (χ2n) is 7.56.